The molecule has 0 atom stereocenters. The van der Waals surface area contributed by atoms with E-state index in [0.29, 0.717) is 11.4 Å². The smallest absolute Gasteiger partial charge is 0.258 e. The Morgan fingerprint density at radius 2 is 1.90 bits per heavy atom. The van der Waals surface area contributed by atoms with E-state index in [1.165, 1.54) is 12.3 Å². The van der Waals surface area contributed by atoms with Crippen molar-refractivity contribution >= 4 is 0 Å². The lowest BCUT2D eigenvalue weighted by Gasteiger charge is -1.98. The first-order valence-corrected chi connectivity index (χ1v) is 5.86. The quantitative estimate of drug-likeness (QED) is 0.685. The van der Waals surface area contributed by atoms with E-state index in [2.05, 4.69) is 15.1 Å². The van der Waals surface area contributed by atoms with Gasteiger partial charge in [0.05, 0.1) is 7.11 Å². The van der Waals surface area contributed by atoms with Crippen molar-refractivity contribution in [1.29, 1.82) is 0 Å². The maximum absolute atomic E-state index is 13.1. The summed E-state index contributed by atoms with van der Waals surface area (Å²) in [5.74, 6) is 0.831. The van der Waals surface area contributed by atoms with Gasteiger partial charge in [-0.25, -0.2) is 4.98 Å². The molecule has 3 rings (SSSR count). The second-order valence-electron chi connectivity index (χ2n) is 4.02. The SMILES string of the molecule is COc1ccc(-c2noc(-c3ccnc(F)c3)n2)cc1. The minimum atomic E-state index is -0.591. The molecule has 0 saturated heterocycles. The molecule has 20 heavy (non-hydrogen) atoms. The number of benzene rings is 1. The lowest BCUT2D eigenvalue weighted by molar-refractivity contribution is 0.415. The van der Waals surface area contributed by atoms with Crippen molar-refractivity contribution in [3.05, 3.63) is 48.5 Å². The molecule has 0 radical (unpaired) electrons. The number of rotatable bonds is 3. The minimum absolute atomic E-state index is 0.247. The van der Waals surface area contributed by atoms with E-state index in [-0.39, 0.29) is 5.89 Å². The first kappa shape index (κ1) is 12.3. The molecule has 0 N–H and O–H groups in total. The third kappa shape index (κ3) is 2.35. The molecule has 0 spiro atoms. The normalized spacial score (nSPS) is 10.5. The summed E-state index contributed by atoms with van der Waals surface area (Å²) in [6.45, 7) is 0. The highest BCUT2D eigenvalue weighted by Crippen LogP contribution is 2.23. The lowest BCUT2D eigenvalue weighted by atomic mass is 10.2. The molecule has 0 aliphatic carbocycles. The highest BCUT2D eigenvalue weighted by Gasteiger charge is 2.11. The highest BCUT2D eigenvalue weighted by molar-refractivity contribution is 5.60. The van der Waals surface area contributed by atoms with Crippen LogP contribution in [0.5, 0.6) is 5.75 Å². The van der Waals surface area contributed by atoms with Gasteiger partial charge < -0.3 is 9.26 Å². The van der Waals surface area contributed by atoms with Crippen molar-refractivity contribution in [3.8, 4) is 28.6 Å². The molecular formula is C14H10FN3O2. The van der Waals surface area contributed by atoms with Crippen molar-refractivity contribution in [2.75, 3.05) is 7.11 Å². The van der Waals surface area contributed by atoms with Crippen molar-refractivity contribution in [1.82, 2.24) is 15.1 Å². The number of aromatic nitrogens is 3. The maximum atomic E-state index is 13.1. The summed E-state index contributed by atoms with van der Waals surface area (Å²) in [5, 5.41) is 3.88. The van der Waals surface area contributed by atoms with Gasteiger partial charge in [-0.1, -0.05) is 5.16 Å². The standard InChI is InChI=1S/C14H10FN3O2/c1-19-11-4-2-9(3-5-11)13-17-14(20-18-13)10-6-7-16-12(15)8-10/h2-8H,1H3. The van der Waals surface area contributed by atoms with Crippen LogP contribution < -0.4 is 4.74 Å². The van der Waals surface area contributed by atoms with Gasteiger partial charge >= 0.3 is 0 Å². The Hall–Kier alpha value is -2.76. The number of hydrogen-bond donors (Lipinski definition) is 0. The molecule has 100 valence electrons. The van der Waals surface area contributed by atoms with Crippen LogP contribution in [0.15, 0.2) is 47.1 Å². The monoisotopic (exact) mass is 271 g/mol. The summed E-state index contributed by atoms with van der Waals surface area (Å²) in [6.07, 6.45) is 1.35. The topological polar surface area (TPSA) is 61.0 Å². The first-order chi connectivity index (χ1) is 9.76. The predicted molar refractivity (Wildman–Crippen MR) is 69.5 cm³/mol. The van der Waals surface area contributed by atoms with Crippen LogP contribution in [-0.2, 0) is 0 Å². The Balaban J connectivity index is 1.93. The molecule has 0 aliphatic rings. The van der Waals surface area contributed by atoms with Crippen LogP contribution in [0.4, 0.5) is 4.39 Å². The molecule has 6 heteroatoms. The van der Waals surface area contributed by atoms with Crippen LogP contribution in [-0.4, -0.2) is 22.2 Å². The molecule has 0 amide bonds. The molecule has 0 aliphatic heterocycles. The summed E-state index contributed by atoms with van der Waals surface area (Å²) >= 11 is 0. The summed E-state index contributed by atoms with van der Waals surface area (Å²) in [7, 11) is 1.60. The van der Waals surface area contributed by atoms with Crippen LogP contribution in [0.3, 0.4) is 0 Å². The average Bonchev–Trinajstić information content (AvgIpc) is 2.97. The van der Waals surface area contributed by atoms with E-state index in [4.69, 9.17) is 9.26 Å². The fourth-order valence-electron chi connectivity index (χ4n) is 1.73. The zero-order chi connectivity index (χ0) is 13.9. The second kappa shape index (κ2) is 5.08. The molecule has 2 heterocycles. The predicted octanol–water partition coefficient (Wildman–Crippen LogP) is 2.95. The van der Waals surface area contributed by atoms with Gasteiger partial charge in [0.1, 0.15) is 5.75 Å². The van der Waals surface area contributed by atoms with Crippen LogP contribution in [0, 0.1) is 5.95 Å². The molecule has 0 bridgehead atoms. The molecule has 1 aromatic carbocycles. The van der Waals surface area contributed by atoms with Crippen molar-refractivity contribution in [2.24, 2.45) is 0 Å². The van der Waals surface area contributed by atoms with Crippen molar-refractivity contribution in [3.63, 3.8) is 0 Å². The fraction of sp³-hybridized carbons (Fsp3) is 0.0714. The van der Waals surface area contributed by atoms with Gasteiger partial charge in [0, 0.05) is 23.4 Å². The number of methoxy groups -OCH3 is 1. The second-order valence-corrected chi connectivity index (χ2v) is 4.02. The van der Waals surface area contributed by atoms with Crippen LogP contribution in [0.2, 0.25) is 0 Å². The Morgan fingerprint density at radius 1 is 1.10 bits per heavy atom. The number of halogens is 1. The Kier molecular flexibility index (Phi) is 3.12. The van der Waals surface area contributed by atoms with E-state index in [1.807, 2.05) is 12.1 Å². The van der Waals surface area contributed by atoms with E-state index >= 15 is 0 Å². The van der Waals surface area contributed by atoms with Gasteiger partial charge in [-0.2, -0.15) is 9.37 Å². The summed E-state index contributed by atoms with van der Waals surface area (Å²) in [5.41, 5.74) is 1.28. The first-order valence-electron chi connectivity index (χ1n) is 5.86. The summed E-state index contributed by atoms with van der Waals surface area (Å²) < 4.78 is 23.3. The number of nitrogens with zero attached hydrogens (tertiary/aromatic N) is 3. The largest absolute Gasteiger partial charge is 0.497 e. The highest BCUT2D eigenvalue weighted by atomic mass is 19.1. The molecule has 5 nitrogen and oxygen atoms in total. The third-order valence-corrected chi connectivity index (χ3v) is 2.75. The van der Waals surface area contributed by atoms with E-state index in [9.17, 15) is 4.39 Å². The maximum Gasteiger partial charge on any atom is 0.258 e. The fourth-order valence-corrected chi connectivity index (χ4v) is 1.73. The molecule has 0 fully saturated rings. The van der Waals surface area contributed by atoms with Gasteiger partial charge in [-0.3, -0.25) is 0 Å². The molecule has 0 saturated carbocycles. The lowest BCUT2D eigenvalue weighted by Crippen LogP contribution is -1.85. The van der Waals surface area contributed by atoms with E-state index in [1.54, 1.807) is 25.3 Å². The van der Waals surface area contributed by atoms with Gasteiger partial charge in [-0.15, -0.1) is 0 Å². The van der Waals surface area contributed by atoms with Gasteiger partial charge in [0.2, 0.25) is 11.8 Å². The summed E-state index contributed by atoms with van der Waals surface area (Å²) in [4.78, 5) is 7.71. The Labute approximate surface area is 114 Å². The van der Waals surface area contributed by atoms with Gasteiger partial charge in [0.15, 0.2) is 0 Å². The minimum Gasteiger partial charge on any atom is -0.497 e. The van der Waals surface area contributed by atoms with Crippen molar-refractivity contribution in [2.45, 2.75) is 0 Å². The number of ether oxygens (including phenoxy) is 1. The molecule has 3 aromatic rings. The van der Waals surface area contributed by atoms with E-state index < -0.39 is 5.95 Å². The number of pyridine rings is 1. The van der Waals surface area contributed by atoms with Crippen LogP contribution >= 0.6 is 0 Å². The third-order valence-electron chi connectivity index (χ3n) is 2.75. The van der Waals surface area contributed by atoms with Gasteiger partial charge in [-0.05, 0) is 30.3 Å². The average molecular weight is 271 g/mol. The Morgan fingerprint density at radius 3 is 2.60 bits per heavy atom. The summed E-state index contributed by atoms with van der Waals surface area (Å²) in [6, 6.07) is 10.1. The molecule has 2 aromatic heterocycles. The van der Waals surface area contributed by atoms with Crippen molar-refractivity contribution < 1.29 is 13.7 Å². The molecule has 0 unspecified atom stereocenters. The van der Waals surface area contributed by atoms with Gasteiger partial charge in [0.25, 0.3) is 5.89 Å². The zero-order valence-corrected chi connectivity index (χ0v) is 10.6. The van der Waals surface area contributed by atoms with Crippen LogP contribution in [0.1, 0.15) is 0 Å². The molecular weight excluding hydrogens is 261 g/mol. The Bertz CT molecular complexity index is 725. The zero-order valence-electron chi connectivity index (χ0n) is 10.6. The number of hydrogen-bond acceptors (Lipinski definition) is 5. The van der Waals surface area contributed by atoms with E-state index in [0.717, 1.165) is 11.3 Å². The van der Waals surface area contributed by atoms with Crippen LogP contribution in [0.25, 0.3) is 22.8 Å².